The summed E-state index contributed by atoms with van der Waals surface area (Å²) in [7, 11) is 0. The van der Waals surface area contributed by atoms with Crippen molar-refractivity contribution in [2.45, 2.75) is 39.5 Å². The molecular weight excluding hydrogens is 136 g/mol. The standard InChI is InChI=1S/C9H16N2/c1-4-5-7(2)9-6-8(3)10-11-9/h6-7H,4-5H2,1-3H3,(H,10,11). The van der Waals surface area contributed by atoms with Gasteiger partial charge in [0.15, 0.2) is 0 Å². The van der Waals surface area contributed by atoms with Crippen molar-refractivity contribution in [2.24, 2.45) is 0 Å². The second kappa shape index (κ2) is 3.56. The van der Waals surface area contributed by atoms with Crippen molar-refractivity contribution in [3.05, 3.63) is 17.5 Å². The molecule has 2 heteroatoms. The third kappa shape index (κ3) is 2.07. The zero-order valence-corrected chi connectivity index (χ0v) is 7.52. The van der Waals surface area contributed by atoms with Crippen molar-refractivity contribution in [2.75, 3.05) is 0 Å². The average molecular weight is 152 g/mol. The normalized spacial score (nSPS) is 13.4. The van der Waals surface area contributed by atoms with E-state index in [4.69, 9.17) is 0 Å². The Kier molecular flexibility index (Phi) is 2.69. The van der Waals surface area contributed by atoms with Crippen molar-refractivity contribution < 1.29 is 0 Å². The Morgan fingerprint density at radius 3 is 2.82 bits per heavy atom. The molecule has 0 aliphatic heterocycles. The van der Waals surface area contributed by atoms with Crippen LogP contribution in [0.1, 0.15) is 44.0 Å². The third-order valence-corrected chi connectivity index (χ3v) is 1.95. The highest BCUT2D eigenvalue weighted by Gasteiger charge is 2.06. The van der Waals surface area contributed by atoms with E-state index in [0.29, 0.717) is 5.92 Å². The van der Waals surface area contributed by atoms with Crippen molar-refractivity contribution >= 4 is 0 Å². The van der Waals surface area contributed by atoms with E-state index in [9.17, 15) is 0 Å². The fraction of sp³-hybridized carbons (Fsp3) is 0.667. The van der Waals surface area contributed by atoms with Crippen LogP contribution in [0.15, 0.2) is 6.07 Å². The molecule has 0 amide bonds. The topological polar surface area (TPSA) is 28.7 Å². The predicted octanol–water partition coefficient (Wildman–Crippen LogP) is 2.62. The molecule has 1 unspecified atom stereocenters. The molecule has 1 atom stereocenters. The maximum Gasteiger partial charge on any atom is 0.0652 e. The third-order valence-electron chi connectivity index (χ3n) is 1.95. The summed E-state index contributed by atoms with van der Waals surface area (Å²) >= 11 is 0. The van der Waals surface area contributed by atoms with Crippen molar-refractivity contribution in [1.82, 2.24) is 10.2 Å². The molecule has 0 radical (unpaired) electrons. The molecule has 1 aromatic heterocycles. The maximum atomic E-state index is 4.21. The molecule has 0 aliphatic rings. The summed E-state index contributed by atoms with van der Waals surface area (Å²) in [5, 5.41) is 7.17. The molecule has 2 nitrogen and oxygen atoms in total. The summed E-state index contributed by atoms with van der Waals surface area (Å²) in [6.45, 7) is 6.46. The zero-order chi connectivity index (χ0) is 8.27. The lowest BCUT2D eigenvalue weighted by molar-refractivity contribution is 0.645. The molecule has 1 aromatic rings. The first-order chi connectivity index (χ1) is 5.24. The molecule has 0 aromatic carbocycles. The van der Waals surface area contributed by atoms with Crippen LogP contribution in [0.4, 0.5) is 0 Å². The van der Waals surface area contributed by atoms with E-state index in [1.54, 1.807) is 0 Å². The summed E-state index contributed by atoms with van der Waals surface area (Å²) in [6.07, 6.45) is 2.46. The fourth-order valence-corrected chi connectivity index (χ4v) is 1.27. The number of hydrogen-bond donors (Lipinski definition) is 1. The van der Waals surface area contributed by atoms with Gasteiger partial charge < -0.3 is 0 Å². The van der Waals surface area contributed by atoms with E-state index in [1.165, 1.54) is 18.5 Å². The Labute approximate surface area is 68.0 Å². The minimum Gasteiger partial charge on any atom is -0.283 e. The van der Waals surface area contributed by atoms with Gasteiger partial charge in [0, 0.05) is 11.6 Å². The van der Waals surface area contributed by atoms with E-state index in [0.717, 1.165) is 5.69 Å². The van der Waals surface area contributed by atoms with E-state index >= 15 is 0 Å². The van der Waals surface area contributed by atoms with E-state index in [1.807, 2.05) is 6.92 Å². The lowest BCUT2D eigenvalue weighted by atomic mass is 10.0. The number of aryl methyl sites for hydroxylation is 1. The molecule has 1 heterocycles. The van der Waals surface area contributed by atoms with Crippen LogP contribution in [-0.2, 0) is 0 Å². The van der Waals surface area contributed by atoms with Gasteiger partial charge in [-0.25, -0.2) is 0 Å². The molecule has 0 fully saturated rings. The second-order valence-corrected chi connectivity index (χ2v) is 3.17. The van der Waals surface area contributed by atoms with Gasteiger partial charge in [0.2, 0.25) is 0 Å². The minimum absolute atomic E-state index is 0.602. The number of H-pyrrole nitrogens is 1. The van der Waals surface area contributed by atoms with Crippen LogP contribution >= 0.6 is 0 Å². The molecule has 0 saturated heterocycles. The van der Waals surface area contributed by atoms with Crippen LogP contribution in [0.2, 0.25) is 0 Å². The van der Waals surface area contributed by atoms with Gasteiger partial charge in [0.1, 0.15) is 0 Å². The summed E-state index contributed by atoms with van der Waals surface area (Å²) in [5.41, 5.74) is 2.35. The predicted molar refractivity (Wildman–Crippen MR) is 46.6 cm³/mol. The molecule has 1 N–H and O–H groups in total. The van der Waals surface area contributed by atoms with Crippen molar-refractivity contribution in [3.8, 4) is 0 Å². The summed E-state index contributed by atoms with van der Waals surface area (Å²) in [5.74, 6) is 0.602. The van der Waals surface area contributed by atoms with Gasteiger partial charge in [0.25, 0.3) is 0 Å². The van der Waals surface area contributed by atoms with Gasteiger partial charge in [-0.15, -0.1) is 0 Å². The molecular formula is C9H16N2. The number of nitrogens with one attached hydrogen (secondary N) is 1. The van der Waals surface area contributed by atoms with Crippen LogP contribution < -0.4 is 0 Å². The smallest absolute Gasteiger partial charge is 0.0652 e. The average Bonchev–Trinajstić information content (AvgIpc) is 2.36. The van der Waals surface area contributed by atoms with E-state index in [-0.39, 0.29) is 0 Å². The first-order valence-electron chi connectivity index (χ1n) is 4.26. The lowest BCUT2D eigenvalue weighted by Gasteiger charge is -2.04. The van der Waals surface area contributed by atoms with E-state index in [2.05, 4.69) is 30.1 Å². The van der Waals surface area contributed by atoms with Crippen LogP contribution in [0.3, 0.4) is 0 Å². The molecule has 62 valence electrons. The van der Waals surface area contributed by atoms with E-state index < -0.39 is 0 Å². The van der Waals surface area contributed by atoms with Gasteiger partial charge >= 0.3 is 0 Å². The van der Waals surface area contributed by atoms with Crippen molar-refractivity contribution in [3.63, 3.8) is 0 Å². The first kappa shape index (κ1) is 8.31. The van der Waals surface area contributed by atoms with Crippen LogP contribution in [0, 0.1) is 6.92 Å². The molecule has 11 heavy (non-hydrogen) atoms. The SMILES string of the molecule is CCCC(C)c1cc(C)[nH]n1. The highest BCUT2D eigenvalue weighted by atomic mass is 15.1. The van der Waals surface area contributed by atoms with Crippen LogP contribution in [0.5, 0.6) is 0 Å². The summed E-state index contributed by atoms with van der Waals surface area (Å²) in [6, 6.07) is 2.13. The van der Waals surface area contributed by atoms with Gasteiger partial charge in [-0.1, -0.05) is 20.3 Å². The Balaban J connectivity index is 2.60. The number of aromatic amines is 1. The number of hydrogen-bond acceptors (Lipinski definition) is 1. The summed E-state index contributed by atoms with van der Waals surface area (Å²) < 4.78 is 0. The molecule has 0 aliphatic carbocycles. The van der Waals surface area contributed by atoms with Gasteiger partial charge in [0.05, 0.1) is 5.69 Å². The fourth-order valence-electron chi connectivity index (χ4n) is 1.27. The molecule has 0 bridgehead atoms. The molecule has 1 rings (SSSR count). The Morgan fingerprint density at radius 2 is 2.36 bits per heavy atom. The number of nitrogens with zero attached hydrogens (tertiary/aromatic N) is 1. The molecule has 0 spiro atoms. The largest absolute Gasteiger partial charge is 0.283 e. The Morgan fingerprint density at radius 1 is 1.64 bits per heavy atom. The van der Waals surface area contributed by atoms with Gasteiger partial charge in [-0.3, -0.25) is 5.10 Å². The van der Waals surface area contributed by atoms with Crippen LogP contribution in [-0.4, -0.2) is 10.2 Å². The number of rotatable bonds is 3. The Bertz CT molecular complexity index is 215. The highest BCUT2D eigenvalue weighted by molar-refractivity contribution is 5.10. The zero-order valence-electron chi connectivity index (χ0n) is 7.52. The lowest BCUT2D eigenvalue weighted by Crippen LogP contribution is -1.92. The number of aromatic nitrogens is 2. The second-order valence-electron chi connectivity index (χ2n) is 3.17. The van der Waals surface area contributed by atoms with Crippen molar-refractivity contribution in [1.29, 1.82) is 0 Å². The summed E-state index contributed by atoms with van der Waals surface area (Å²) in [4.78, 5) is 0. The monoisotopic (exact) mass is 152 g/mol. The minimum atomic E-state index is 0.602. The van der Waals surface area contributed by atoms with Crippen LogP contribution in [0.25, 0.3) is 0 Å². The highest BCUT2D eigenvalue weighted by Crippen LogP contribution is 2.18. The van der Waals surface area contributed by atoms with Gasteiger partial charge in [-0.2, -0.15) is 5.10 Å². The first-order valence-corrected chi connectivity index (χ1v) is 4.26. The Hall–Kier alpha value is -0.790. The molecule has 0 saturated carbocycles. The quantitative estimate of drug-likeness (QED) is 0.708. The maximum absolute atomic E-state index is 4.21. The van der Waals surface area contributed by atoms with Gasteiger partial charge in [-0.05, 0) is 19.4 Å².